The molecule has 0 aromatic rings. The molecule has 0 aromatic carbocycles. The summed E-state index contributed by atoms with van der Waals surface area (Å²) in [4.78, 5) is 0. The van der Waals surface area contributed by atoms with Crippen molar-refractivity contribution in [3.8, 4) is 0 Å². The number of rotatable bonds is 1. The van der Waals surface area contributed by atoms with E-state index in [4.69, 9.17) is 14.4 Å². The van der Waals surface area contributed by atoms with Crippen LogP contribution in [0.25, 0.3) is 0 Å². The first kappa shape index (κ1) is 7.62. The zero-order valence-corrected chi connectivity index (χ0v) is 5.23. The molecular weight excluding hydrogens is 97.0 g/mol. The second-order valence-corrected chi connectivity index (χ2v) is 2.83. The molecule has 0 aliphatic rings. The van der Waals surface area contributed by atoms with Crippen LogP contribution >= 0.6 is 7.12 Å². The summed E-state index contributed by atoms with van der Waals surface area (Å²) in [7, 11) is 10.0. The van der Waals surface area contributed by atoms with Gasteiger partial charge in [-0.05, 0) is 0 Å². The third-order valence-electron chi connectivity index (χ3n) is 0.432. The topological polar surface area (TPSA) is 0 Å². The van der Waals surface area contributed by atoms with Crippen LogP contribution in [0.2, 0.25) is 0 Å². The van der Waals surface area contributed by atoms with Crippen molar-refractivity contribution in [2.45, 2.75) is 0 Å². The van der Waals surface area contributed by atoms with Gasteiger partial charge in [-0.2, -0.15) is 0 Å². The van der Waals surface area contributed by atoms with Crippen molar-refractivity contribution in [2.75, 3.05) is 6.66 Å². The van der Waals surface area contributed by atoms with Gasteiger partial charge < -0.3 is 0 Å². The minimum atomic E-state index is -0.398. The van der Waals surface area contributed by atoms with E-state index in [2.05, 4.69) is 0 Å². The molecule has 0 saturated heterocycles. The summed E-state index contributed by atoms with van der Waals surface area (Å²) in [5, 5.41) is 0. The quantitative estimate of drug-likeness (QED) is 0.296. The van der Waals surface area contributed by atoms with Crippen LogP contribution in [0.1, 0.15) is 0 Å². The van der Waals surface area contributed by atoms with Gasteiger partial charge in [-0.25, -0.2) is 0 Å². The van der Waals surface area contributed by atoms with E-state index >= 15 is 0 Å². The fraction of sp³-hybridized carbons (Fsp3) is 1.00. The standard InChI is InChI=1S/CH3B5P/c1-7(3)6-5-4-2/h1H3. The summed E-state index contributed by atoms with van der Waals surface area (Å²) in [5.74, 6) is 0. The average molecular weight is 100 g/mol. The Morgan fingerprint density at radius 3 is 2.29 bits per heavy atom. The molecular formula is CH3B5P. The molecule has 1 atom stereocenters. The normalized spacial score (nSPS) is 9.14. The van der Waals surface area contributed by atoms with Crippen LogP contribution in [0.3, 0.4) is 0 Å². The Hall–Kier alpha value is 0.625. The second kappa shape index (κ2) is 4.78. The monoisotopic (exact) mass is 101 g/mol. The van der Waals surface area contributed by atoms with E-state index in [0.717, 1.165) is 0 Å². The van der Waals surface area contributed by atoms with E-state index in [1.165, 1.54) is 6.69 Å². The summed E-state index contributed by atoms with van der Waals surface area (Å²) in [6, 6.07) is 0. The zero-order chi connectivity index (χ0) is 5.70. The van der Waals surface area contributed by atoms with Crippen molar-refractivity contribution in [1.82, 2.24) is 0 Å². The van der Waals surface area contributed by atoms with Gasteiger partial charge in [-0.1, -0.05) is 0 Å². The van der Waals surface area contributed by atoms with Gasteiger partial charge in [0.2, 0.25) is 0 Å². The molecule has 0 nitrogen and oxygen atoms in total. The van der Waals surface area contributed by atoms with Gasteiger partial charge in [0.15, 0.2) is 0 Å². The minimum absolute atomic E-state index is 0.398. The Kier molecular flexibility index (Phi) is 5.20. The average Bonchev–Trinajstić information content (AvgIpc) is 1.61. The summed E-state index contributed by atoms with van der Waals surface area (Å²) in [5.41, 5.74) is 0. The molecule has 0 saturated carbocycles. The van der Waals surface area contributed by atoms with Gasteiger partial charge in [-0.3, -0.25) is 0 Å². The first-order valence-electron chi connectivity index (χ1n) is 1.96. The Bertz CT molecular complexity index is 138. The molecule has 0 amide bonds. The zero-order valence-electron chi connectivity index (χ0n) is 4.33. The third kappa shape index (κ3) is 6.62. The van der Waals surface area contributed by atoms with E-state index in [1.54, 1.807) is 6.69 Å². The third-order valence-corrected chi connectivity index (χ3v) is 1.07. The molecule has 1 unspecified atom stereocenters. The van der Waals surface area contributed by atoms with Crippen molar-refractivity contribution >= 4 is 41.4 Å². The molecule has 27 valence electrons. The molecule has 0 bridgehead atoms. The second-order valence-electron chi connectivity index (χ2n) is 1.20. The summed E-state index contributed by atoms with van der Waals surface area (Å²) in [6.07, 6.45) is 0. The van der Waals surface area contributed by atoms with E-state index in [-0.39, 0.29) is 0 Å². The summed E-state index contributed by atoms with van der Waals surface area (Å²) < 4.78 is 0. The Labute approximate surface area is 48.8 Å². The molecule has 0 aromatic heterocycles. The molecule has 0 aliphatic carbocycles. The summed E-state index contributed by atoms with van der Waals surface area (Å²) >= 11 is 0. The van der Waals surface area contributed by atoms with Gasteiger partial charge in [0.25, 0.3) is 0 Å². The number of hydrogen-bond acceptors (Lipinski definition) is 0. The van der Waals surface area contributed by atoms with Crippen LogP contribution in [0, 0.1) is 0 Å². The van der Waals surface area contributed by atoms with Crippen molar-refractivity contribution in [1.29, 1.82) is 0 Å². The molecule has 0 heterocycles. The maximum absolute atomic E-state index is 5.38. The first-order chi connectivity index (χ1) is 3.27. The molecule has 1 radical (unpaired) electrons. The van der Waals surface area contributed by atoms with Crippen LogP contribution in [-0.2, 0) is 0 Å². The van der Waals surface area contributed by atoms with Crippen LogP contribution in [0.5, 0.6) is 0 Å². The van der Waals surface area contributed by atoms with Gasteiger partial charge in [0, 0.05) is 0 Å². The fourth-order valence-electron chi connectivity index (χ4n) is 0.185. The fourth-order valence-corrected chi connectivity index (χ4v) is 0.556. The van der Waals surface area contributed by atoms with Gasteiger partial charge in [0.1, 0.15) is 0 Å². The molecule has 0 aliphatic heterocycles. The van der Waals surface area contributed by atoms with Crippen molar-refractivity contribution in [3.05, 3.63) is 0 Å². The van der Waals surface area contributed by atoms with E-state index in [1.807, 2.05) is 13.2 Å². The Morgan fingerprint density at radius 2 is 2.14 bits per heavy atom. The van der Waals surface area contributed by atoms with Crippen LogP contribution in [0.15, 0.2) is 0 Å². The Morgan fingerprint density at radius 1 is 1.57 bits per heavy atom. The maximum atomic E-state index is 5.38. The predicted molar refractivity (Wildman–Crippen MR) is 41.6 cm³/mol. The van der Waals surface area contributed by atoms with Crippen molar-refractivity contribution < 1.29 is 0 Å². The molecule has 0 N–H and O–H groups in total. The van der Waals surface area contributed by atoms with Crippen molar-refractivity contribution in [3.63, 3.8) is 0 Å². The van der Waals surface area contributed by atoms with Crippen LogP contribution in [-0.4, -0.2) is 40.9 Å². The molecule has 7 heavy (non-hydrogen) atoms. The first-order valence-corrected chi connectivity index (χ1v) is 3.89. The van der Waals surface area contributed by atoms with Gasteiger partial charge >= 0.3 is 48.1 Å². The number of hydrogen-bond donors (Lipinski definition) is 0. The van der Waals surface area contributed by atoms with Gasteiger partial charge in [0.05, 0.1) is 0 Å². The van der Waals surface area contributed by atoms with Crippen molar-refractivity contribution in [2.24, 2.45) is 0 Å². The van der Waals surface area contributed by atoms with Crippen LogP contribution in [0.4, 0.5) is 0 Å². The van der Waals surface area contributed by atoms with Crippen LogP contribution < -0.4 is 0 Å². The molecule has 0 rings (SSSR count). The summed E-state index contributed by atoms with van der Waals surface area (Å²) in [6.45, 7) is 7.07. The Balaban J connectivity index is 3.54. The van der Waals surface area contributed by atoms with E-state index in [0.29, 0.717) is 0 Å². The van der Waals surface area contributed by atoms with E-state index in [9.17, 15) is 0 Å². The predicted octanol–water partition coefficient (Wildman–Crippen LogP) is -0.877. The molecule has 0 fully saturated rings. The molecule has 0 spiro atoms. The molecule has 6 heteroatoms. The van der Waals surface area contributed by atoms with E-state index < -0.39 is 7.12 Å². The SMILES string of the molecule is [B]=BB=BP(#B)C. The van der Waals surface area contributed by atoms with Gasteiger partial charge in [-0.15, -0.1) is 0 Å².